The third-order valence-electron chi connectivity index (χ3n) is 4.63. The van der Waals surface area contributed by atoms with Gasteiger partial charge in [0.15, 0.2) is 5.76 Å². The van der Waals surface area contributed by atoms with Gasteiger partial charge in [-0.15, -0.1) is 0 Å². The Hall–Kier alpha value is -3.46. The summed E-state index contributed by atoms with van der Waals surface area (Å²) in [4.78, 5) is 20.1. The minimum Gasteiger partial charge on any atom is -0.481 e. The van der Waals surface area contributed by atoms with Crippen molar-refractivity contribution in [1.82, 2.24) is 19.7 Å². The average molecular weight is 468 g/mol. The van der Waals surface area contributed by atoms with Crippen LogP contribution >= 0.6 is 15.9 Å². The van der Waals surface area contributed by atoms with Gasteiger partial charge in [-0.05, 0) is 30.2 Å². The van der Waals surface area contributed by atoms with Gasteiger partial charge in [-0.3, -0.25) is 4.79 Å². The fourth-order valence-electron chi connectivity index (χ4n) is 3.08. The van der Waals surface area contributed by atoms with Gasteiger partial charge in [0.2, 0.25) is 0 Å². The minimum absolute atomic E-state index is 0.275. The molecule has 0 fully saturated rings. The van der Waals surface area contributed by atoms with Gasteiger partial charge in [0.05, 0.1) is 18.6 Å². The first-order valence-corrected chi connectivity index (χ1v) is 9.93. The van der Waals surface area contributed by atoms with E-state index >= 15 is 0 Å². The van der Waals surface area contributed by atoms with Gasteiger partial charge >= 0.3 is 5.97 Å². The van der Waals surface area contributed by atoms with Gasteiger partial charge in [-0.25, -0.2) is 9.97 Å². The summed E-state index contributed by atoms with van der Waals surface area (Å²) in [6, 6.07) is 13.0. The highest BCUT2D eigenvalue weighted by Gasteiger charge is 2.23. The number of carboxylic acid groups (broad SMARTS) is 1. The van der Waals surface area contributed by atoms with Crippen LogP contribution < -0.4 is 5.73 Å². The van der Waals surface area contributed by atoms with Gasteiger partial charge in [-0.1, -0.05) is 39.3 Å². The Labute approximate surface area is 180 Å². The third-order valence-corrected chi connectivity index (χ3v) is 5.16. The van der Waals surface area contributed by atoms with Crippen molar-refractivity contribution in [2.45, 2.75) is 18.9 Å². The number of pyridine rings is 1. The molecule has 3 aromatic heterocycles. The van der Waals surface area contributed by atoms with Gasteiger partial charge in [0.1, 0.15) is 17.4 Å². The number of nitrogen functional groups attached to an aromatic ring is 1. The van der Waals surface area contributed by atoms with E-state index in [1.54, 1.807) is 35.4 Å². The Morgan fingerprint density at radius 3 is 2.70 bits per heavy atom. The molecule has 0 saturated carbocycles. The number of hydrogen-bond donors (Lipinski definition) is 2. The number of aliphatic carboxylic acids is 1. The lowest BCUT2D eigenvalue weighted by molar-refractivity contribution is -0.138. The number of rotatable bonds is 7. The molecule has 0 aliphatic carbocycles. The predicted molar refractivity (Wildman–Crippen MR) is 114 cm³/mol. The minimum atomic E-state index is -0.948. The lowest BCUT2D eigenvalue weighted by Gasteiger charge is -2.09. The molecule has 4 rings (SSSR count). The van der Waals surface area contributed by atoms with Crippen molar-refractivity contribution >= 4 is 27.7 Å². The van der Waals surface area contributed by atoms with Crippen LogP contribution in [-0.4, -0.2) is 30.8 Å². The number of halogens is 1. The summed E-state index contributed by atoms with van der Waals surface area (Å²) in [5, 5.41) is 13.8. The van der Waals surface area contributed by atoms with E-state index in [0.29, 0.717) is 29.5 Å². The second-order valence-corrected chi connectivity index (χ2v) is 7.76. The van der Waals surface area contributed by atoms with Crippen molar-refractivity contribution < 1.29 is 14.4 Å². The molecule has 3 N–H and O–H groups in total. The molecule has 0 radical (unpaired) electrons. The number of carbonyl (C=O) groups is 1. The van der Waals surface area contributed by atoms with Crippen molar-refractivity contribution in [3.8, 4) is 11.3 Å². The first-order chi connectivity index (χ1) is 14.5. The second-order valence-electron chi connectivity index (χ2n) is 6.85. The van der Waals surface area contributed by atoms with E-state index in [0.717, 1.165) is 15.6 Å². The summed E-state index contributed by atoms with van der Waals surface area (Å²) in [6.07, 6.45) is 5.18. The molecule has 1 atom stereocenters. The Balaban J connectivity index is 1.48. The summed E-state index contributed by atoms with van der Waals surface area (Å²) < 4.78 is 8.21. The normalized spacial score (nSPS) is 12.0. The molecule has 1 unspecified atom stereocenters. The number of anilines is 1. The average Bonchev–Trinajstić information content (AvgIpc) is 3.38. The molecule has 1 aromatic carbocycles. The van der Waals surface area contributed by atoms with Gasteiger partial charge in [0, 0.05) is 28.5 Å². The molecular formula is C21H18BrN5O3. The highest BCUT2D eigenvalue weighted by atomic mass is 79.9. The zero-order chi connectivity index (χ0) is 21.1. The molecule has 8 nitrogen and oxygen atoms in total. The zero-order valence-corrected chi connectivity index (χ0v) is 17.4. The molecule has 152 valence electrons. The molecule has 0 spiro atoms. The Kier molecular flexibility index (Phi) is 5.62. The Bertz CT molecular complexity index is 1150. The van der Waals surface area contributed by atoms with Crippen LogP contribution in [0.2, 0.25) is 0 Å². The topological polar surface area (TPSA) is 120 Å². The maximum Gasteiger partial charge on any atom is 0.312 e. The number of imidazole rings is 1. The first kappa shape index (κ1) is 19.8. The quantitative estimate of drug-likeness (QED) is 0.424. The van der Waals surface area contributed by atoms with Crippen LogP contribution in [0.15, 0.2) is 70.2 Å². The second kappa shape index (κ2) is 8.50. The molecule has 0 saturated heterocycles. The maximum atomic E-state index is 11.8. The van der Waals surface area contributed by atoms with Crippen molar-refractivity contribution in [3.63, 3.8) is 0 Å². The third kappa shape index (κ3) is 4.57. The standard InChI is InChI=1S/C21H18BrN5O3/c22-15-4-2-14(3-5-15)19-8-16(26-30-19)10-27-11-18(25-12-27)17(21(28)29)7-13-1-6-20(23)24-9-13/h1-6,8-9,11-12,17H,7,10H2,(H2,23,24)(H,28,29). The van der Waals surface area contributed by atoms with Gasteiger partial charge in [0.25, 0.3) is 0 Å². The van der Waals surface area contributed by atoms with Crippen LogP contribution in [0.1, 0.15) is 22.9 Å². The molecule has 4 aromatic rings. The molecular weight excluding hydrogens is 450 g/mol. The zero-order valence-electron chi connectivity index (χ0n) is 15.8. The van der Waals surface area contributed by atoms with E-state index in [1.807, 2.05) is 30.3 Å². The first-order valence-electron chi connectivity index (χ1n) is 9.14. The summed E-state index contributed by atoms with van der Waals surface area (Å²) in [5.74, 6) is -0.675. The summed E-state index contributed by atoms with van der Waals surface area (Å²) >= 11 is 3.41. The molecule has 0 aliphatic rings. The summed E-state index contributed by atoms with van der Waals surface area (Å²) in [5.41, 5.74) is 8.48. The van der Waals surface area contributed by atoms with Crippen molar-refractivity contribution in [1.29, 1.82) is 0 Å². The van der Waals surface area contributed by atoms with Crippen LogP contribution in [0.5, 0.6) is 0 Å². The maximum absolute atomic E-state index is 11.8. The molecule has 9 heteroatoms. The van der Waals surface area contributed by atoms with Gasteiger partial charge in [-0.2, -0.15) is 0 Å². The predicted octanol–water partition coefficient (Wildman–Crippen LogP) is 3.74. The number of carboxylic acids is 1. The highest BCUT2D eigenvalue weighted by Crippen LogP contribution is 2.24. The fourth-order valence-corrected chi connectivity index (χ4v) is 3.34. The van der Waals surface area contributed by atoms with Crippen LogP contribution in [-0.2, 0) is 17.8 Å². The van der Waals surface area contributed by atoms with Crippen molar-refractivity contribution in [2.24, 2.45) is 0 Å². The smallest absolute Gasteiger partial charge is 0.312 e. The molecule has 0 amide bonds. The number of aromatic nitrogens is 4. The molecule has 30 heavy (non-hydrogen) atoms. The van der Waals surface area contributed by atoms with E-state index in [4.69, 9.17) is 10.3 Å². The molecule has 3 heterocycles. The fraction of sp³-hybridized carbons (Fsp3) is 0.143. The lowest BCUT2D eigenvalue weighted by atomic mass is 9.98. The van der Waals surface area contributed by atoms with Gasteiger partial charge < -0.3 is 19.9 Å². The number of hydrogen-bond acceptors (Lipinski definition) is 6. The molecule has 0 aliphatic heterocycles. The Morgan fingerprint density at radius 1 is 1.20 bits per heavy atom. The summed E-state index contributed by atoms with van der Waals surface area (Å²) in [7, 11) is 0. The molecule has 0 bridgehead atoms. The van der Waals surface area contributed by atoms with E-state index in [9.17, 15) is 9.90 Å². The number of nitrogens with two attached hydrogens (primary N) is 1. The van der Waals surface area contributed by atoms with Crippen molar-refractivity contribution in [2.75, 3.05) is 5.73 Å². The van der Waals surface area contributed by atoms with Crippen LogP contribution in [0.4, 0.5) is 5.82 Å². The monoisotopic (exact) mass is 467 g/mol. The highest BCUT2D eigenvalue weighted by molar-refractivity contribution is 9.10. The lowest BCUT2D eigenvalue weighted by Crippen LogP contribution is -2.15. The van der Waals surface area contributed by atoms with Crippen molar-refractivity contribution in [3.05, 3.63) is 82.6 Å². The summed E-state index contributed by atoms with van der Waals surface area (Å²) in [6.45, 7) is 0.419. The van der Waals surface area contributed by atoms with E-state index < -0.39 is 11.9 Å². The van der Waals surface area contributed by atoms with Crippen LogP contribution in [0.25, 0.3) is 11.3 Å². The Morgan fingerprint density at radius 2 is 2.00 bits per heavy atom. The van der Waals surface area contributed by atoms with E-state index in [2.05, 4.69) is 31.1 Å². The van der Waals surface area contributed by atoms with E-state index in [1.165, 1.54) is 0 Å². The number of benzene rings is 1. The van der Waals surface area contributed by atoms with Crippen LogP contribution in [0, 0.1) is 0 Å². The largest absolute Gasteiger partial charge is 0.481 e. The van der Waals surface area contributed by atoms with Crippen LogP contribution in [0.3, 0.4) is 0 Å². The number of nitrogens with zero attached hydrogens (tertiary/aromatic N) is 4. The SMILES string of the molecule is Nc1ccc(CC(C(=O)O)c2cn(Cc3cc(-c4ccc(Br)cc4)on3)cn2)cn1. The van der Waals surface area contributed by atoms with E-state index in [-0.39, 0.29) is 6.42 Å².